The van der Waals surface area contributed by atoms with Crippen LogP contribution in [-0.2, 0) is 23.9 Å². The number of alkyl halides is 1. The molecule has 0 aliphatic carbocycles. The summed E-state index contributed by atoms with van der Waals surface area (Å²) in [5.41, 5.74) is -1.71. The van der Waals surface area contributed by atoms with Gasteiger partial charge in [-0.15, -0.1) is 6.58 Å². The van der Waals surface area contributed by atoms with E-state index in [2.05, 4.69) is 22.5 Å². The SMILES string of the molecule is C=CCN(C(=O)C1N([C@@H](CO)[C@@H](C)CC)C(=O)[C@@H]2[C@H](C(=O)OCC)[C@H]3OC12CC3Br)C(C)(C)C. The van der Waals surface area contributed by atoms with Crippen LogP contribution in [0.4, 0.5) is 0 Å². The molecule has 3 aliphatic rings. The third-order valence-corrected chi connectivity index (χ3v) is 8.60. The topological polar surface area (TPSA) is 96.4 Å². The van der Waals surface area contributed by atoms with Gasteiger partial charge in [0.1, 0.15) is 11.6 Å². The Hall–Kier alpha value is -1.45. The van der Waals surface area contributed by atoms with Crippen molar-refractivity contribution >= 4 is 33.7 Å². The van der Waals surface area contributed by atoms with Gasteiger partial charge in [-0.1, -0.05) is 42.3 Å². The Balaban J connectivity index is 2.18. The zero-order valence-electron chi connectivity index (χ0n) is 21.1. The van der Waals surface area contributed by atoms with E-state index in [1.165, 1.54) is 4.90 Å². The Labute approximate surface area is 211 Å². The molecule has 3 saturated heterocycles. The van der Waals surface area contributed by atoms with Crippen molar-refractivity contribution in [3.8, 4) is 0 Å². The Morgan fingerprint density at radius 3 is 2.56 bits per heavy atom. The minimum Gasteiger partial charge on any atom is -0.466 e. The molecule has 3 unspecified atom stereocenters. The smallest absolute Gasteiger partial charge is 0.312 e. The molecule has 1 spiro atoms. The van der Waals surface area contributed by atoms with Crippen molar-refractivity contribution in [1.29, 1.82) is 0 Å². The predicted octanol–water partition coefficient (Wildman–Crippen LogP) is 2.52. The van der Waals surface area contributed by atoms with Crippen LogP contribution in [0.25, 0.3) is 0 Å². The van der Waals surface area contributed by atoms with E-state index >= 15 is 0 Å². The van der Waals surface area contributed by atoms with Crippen molar-refractivity contribution in [3.05, 3.63) is 12.7 Å². The van der Waals surface area contributed by atoms with Crippen molar-refractivity contribution in [1.82, 2.24) is 9.80 Å². The van der Waals surface area contributed by atoms with E-state index < -0.39 is 47.1 Å². The van der Waals surface area contributed by atoms with Gasteiger partial charge in [-0.05, 0) is 40.0 Å². The average Bonchev–Trinajstić information content (AvgIpc) is 3.35. The molecule has 3 rings (SSSR count). The van der Waals surface area contributed by atoms with Gasteiger partial charge in [0.25, 0.3) is 0 Å². The van der Waals surface area contributed by atoms with Crippen LogP contribution in [0, 0.1) is 17.8 Å². The van der Waals surface area contributed by atoms with Gasteiger partial charge in [-0.2, -0.15) is 0 Å². The van der Waals surface area contributed by atoms with Gasteiger partial charge in [0, 0.05) is 16.9 Å². The minimum atomic E-state index is -1.17. The lowest BCUT2D eigenvalue weighted by Gasteiger charge is -2.44. The van der Waals surface area contributed by atoms with Gasteiger partial charge in [0.05, 0.1) is 37.2 Å². The lowest BCUT2D eigenvalue weighted by molar-refractivity contribution is -0.158. The maximum Gasteiger partial charge on any atom is 0.312 e. The van der Waals surface area contributed by atoms with E-state index in [0.29, 0.717) is 13.0 Å². The first-order chi connectivity index (χ1) is 15.9. The van der Waals surface area contributed by atoms with Crippen molar-refractivity contribution < 1.29 is 29.0 Å². The van der Waals surface area contributed by atoms with E-state index in [-0.39, 0.29) is 35.8 Å². The second-order valence-electron chi connectivity index (χ2n) is 10.7. The van der Waals surface area contributed by atoms with E-state index in [9.17, 15) is 19.5 Å². The molecular weight excluding hydrogens is 504 g/mol. The largest absolute Gasteiger partial charge is 0.466 e. The van der Waals surface area contributed by atoms with Crippen molar-refractivity contribution in [2.75, 3.05) is 19.8 Å². The molecule has 9 heteroatoms. The molecule has 3 fully saturated rings. The molecule has 8 atom stereocenters. The summed E-state index contributed by atoms with van der Waals surface area (Å²) >= 11 is 3.65. The number of esters is 1. The standard InChI is InChI=1S/C25H39BrN2O6/c1-8-11-27(24(5,6)7)22(31)20-25-12-15(26)19(34-25)17(23(32)33-10-3)18(25)21(30)28(20)16(13-29)14(4)9-2/h8,14-20,29H,1,9-13H2,2-7H3/t14-,15?,16-,17-,18-,19-,20?,25?/m0/s1. The maximum absolute atomic E-state index is 14.3. The maximum atomic E-state index is 14.3. The number of ether oxygens (including phenoxy) is 2. The quantitative estimate of drug-likeness (QED) is 0.273. The number of aliphatic hydroxyl groups is 1. The zero-order valence-corrected chi connectivity index (χ0v) is 22.7. The molecule has 2 bridgehead atoms. The molecule has 0 aromatic heterocycles. The predicted molar refractivity (Wildman–Crippen MR) is 131 cm³/mol. The third kappa shape index (κ3) is 4.11. The Kier molecular flexibility index (Phi) is 7.90. The lowest BCUT2D eigenvalue weighted by atomic mass is 9.70. The van der Waals surface area contributed by atoms with E-state index in [1.54, 1.807) is 17.9 Å². The number of likely N-dealkylation sites (tertiary alicyclic amines) is 1. The molecule has 192 valence electrons. The van der Waals surface area contributed by atoms with Gasteiger partial charge >= 0.3 is 5.97 Å². The van der Waals surface area contributed by atoms with Crippen molar-refractivity contribution in [2.24, 2.45) is 17.8 Å². The summed E-state index contributed by atoms with van der Waals surface area (Å²) in [6, 6.07) is -1.53. The van der Waals surface area contributed by atoms with Gasteiger partial charge < -0.3 is 24.4 Å². The summed E-state index contributed by atoms with van der Waals surface area (Å²) in [7, 11) is 0. The molecule has 0 radical (unpaired) electrons. The summed E-state index contributed by atoms with van der Waals surface area (Å²) < 4.78 is 11.8. The molecule has 0 saturated carbocycles. The third-order valence-electron chi connectivity index (χ3n) is 7.75. The van der Waals surface area contributed by atoms with Crippen LogP contribution in [-0.4, -0.2) is 86.6 Å². The van der Waals surface area contributed by atoms with Crippen LogP contribution in [0.2, 0.25) is 0 Å². The summed E-state index contributed by atoms with van der Waals surface area (Å²) in [4.78, 5) is 44.4. The van der Waals surface area contributed by atoms with E-state index in [4.69, 9.17) is 9.47 Å². The van der Waals surface area contributed by atoms with E-state index in [0.717, 1.165) is 6.42 Å². The summed E-state index contributed by atoms with van der Waals surface area (Å²) in [6.45, 7) is 15.5. The molecule has 34 heavy (non-hydrogen) atoms. The minimum absolute atomic E-state index is 0.0556. The second-order valence-corrected chi connectivity index (χ2v) is 11.9. The number of nitrogens with zero attached hydrogens (tertiary/aromatic N) is 2. The average molecular weight is 543 g/mol. The Morgan fingerprint density at radius 1 is 1.41 bits per heavy atom. The normalized spacial score (nSPS) is 34.1. The van der Waals surface area contributed by atoms with Crippen molar-refractivity contribution in [3.63, 3.8) is 0 Å². The highest BCUT2D eigenvalue weighted by Crippen LogP contribution is 2.61. The van der Waals surface area contributed by atoms with Gasteiger partial charge in [-0.25, -0.2) is 0 Å². The van der Waals surface area contributed by atoms with Crippen LogP contribution in [0.15, 0.2) is 12.7 Å². The molecular formula is C25H39BrN2O6. The molecule has 0 aromatic rings. The number of aliphatic hydroxyl groups excluding tert-OH is 1. The van der Waals surface area contributed by atoms with Crippen LogP contribution < -0.4 is 0 Å². The molecule has 1 N–H and O–H groups in total. The second kappa shape index (κ2) is 9.90. The fourth-order valence-corrected chi connectivity index (χ4v) is 6.94. The van der Waals surface area contributed by atoms with Gasteiger partial charge in [0.15, 0.2) is 0 Å². The number of hydrogen-bond acceptors (Lipinski definition) is 6. The fourth-order valence-electron chi connectivity index (χ4n) is 6.00. The van der Waals surface area contributed by atoms with Crippen molar-refractivity contribution in [2.45, 2.75) is 88.5 Å². The highest BCUT2D eigenvalue weighted by Gasteiger charge is 2.77. The zero-order chi connectivity index (χ0) is 25.6. The number of hydrogen-bond donors (Lipinski definition) is 1. The van der Waals surface area contributed by atoms with E-state index in [1.807, 2.05) is 34.6 Å². The molecule has 0 aromatic carbocycles. The monoisotopic (exact) mass is 542 g/mol. The first-order valence-electron chi connectivity index (χ1n) is 12.2. The number of carbonyl (C=O) groups excluding carboxylic acids is 3. The number of halogens is 1. The van der Waals surface area contributed by atoms with Gasteiger partial charge in [0.2, 0.25) is 11.8 Å². The highest BCUT2D eigenvalue weighted by atomic mass is 79.9. The molecule has 3 heterocycles. The summed E-state index contributed by atoms with van der Waals surface area (Å²) in [5.74, 6) is -2.74. The fraction of sp³-hybridized carbons (Fsp3) is 0.800. The van der Waals surface area contributed by atoms with Crippen LogP contribution in [0.3, 0.4) is 0 Å². The Morgan fingerprint density at radius 2 is 2.06 bits per heavy atom. The summed E-state index contributed by atoms with van der Waals surface area (Å²) in [5, 5.41) is 10.4. The van der Waals surface area contributed by atoms with Crippen LogP contribution in [0.5, 0.6) is 0 Å². The number of fused-ring (bicyclic) bond motifs is 1. The molecule has 8 nitrogen and oxygen atoms in total. The first-order valence-corrected chi connectivity index (χ1v) is 13.2. The summed E-state index contributed by atoms with van der Waals surface area (Å²) in [6.07, 6.45) is 2.25. The molecule has 2 amide bonds. The van der Waals surface area contributed by atoms with Crippen LogP contribution >= 0.6 is 15.9 Å². The Bertz CT molecular complexity index is 829. The number of carbonyl (C=O) groups is 3. The number of rotatable bonds is 9. The molecule has 3 aliphatic heterocycles. The van der Waals surface area contributed by atoms with Gasteiger partial charge in [-0.3, -0.25) is 14.4 Å². The highest BCUT2D eigenvalue weighted by molar-refractivity contribution is 9.09. The lowest BCUT2D eigenvalue weighted by Crippen LogP contribution is -2.62. The van der Waals surface area contributed by atoms with Crippen LogP contribution in [0.1, 0.15) is 54.4 Å². The number of amides is 2. The first kappa shape index (κ1) is 27.1.